The summed E-state index contributed by atoms with van der Waals surface area (Å²) in [5.74, 6) is 1.01. The summed E-state index contributed by atoms with van der Waals surface area (Å²) in [6.07, 6.45) is 4.09. The first-order chi connectivity index (χ1) is 9.33. The maximum Gasteiger partial charge on any atom is 0.229 e. The van der Waals surface area contributed by atoms with Crippen molar-refractivity contribution in [3.8, 4) is 0 Å². The molecule has 0 bridgehead atoms. The van der Waals surface area contributed by atoms with Gasteiger partial charge in [0.1, 0.15) is 11.6 Å². The lowest BCUT2D eigenvalue weighted by atomic mass is 10.3. The largest absolute Gasteiger partial charge is 0.356 e. The Morgan fingerprint density at radius 1 is 1.11 bits per heavy atom. The van der Waals surface area contributed by atoms with E-state index in [0.717, 1.165) is 18.9 Å². The van der Waals surface area contributed by atoms with Crippen LogP contribution in [0.15, 0.2) is 36.5 Å². The van der Waals surface area contributed by atoms with E-state index in [1.54, 1.807) is 24.4 Å². The molecule has 5 heteroatoms. The normalized spacial score (nSPS) is 14.7. The van der Waals surface area contributed by atoms with Crippen molar-refractivity contribution in [2.75, 3.05) is 23.3 Å². The number of hydrogen-bond donors (Lipinski definition) is 1. The summed E-state index contributed by atoms with van der Waals surface area (Å²) in [7, 11) is 0. The number of hydrogen-bond acceptors (Lipinski definition) is 4. The zero-order chi connectivity index (χ0) is 13.1. The highest BCUT2D eigenvalue weighted by molar-refractivity contribution is 5.55. The van der Waals surface area contributed by atoms with Crippen molar-refractivity contribution >= 4 is 17.5 Å². The summed E-state index contributed by atoms with van der Waals surface area (Å²) in [5, 5.41) is 2.91. The third-order valence-corrected chi connectivity index (χ3v) is 3.19. The molecule has 1 saturated heterocycles. The van der Waals surface area contributed by atoms with E-state index in [2.05, 4.69) is 20.2 Å². The SMILES string of the molecule is Fc1ccccc1Nc1nccc(N2CCCC2)n1. The molecule has 0 saturated carbocycles. The lowest BCUT2D eigenvalue weighted by Crippen LogP contribution is -2.19. The maximum absolute atomic E-state index is 13.5. The van der Waals surface area contributed by atoms with Gasteiger partial charge >= 0.3 is 0 Å². The number of nitrogens with zero attached hydrogens (tertiary/aromatic N) is 3. The van der Waals surface area contributed by atoms with Crippen molar-refractivity contribution < 1.29 is 4.39 Å². The molecule has 3 rings (SSSR count). The Kier molecular flexibility index (Phi) is 3.27. The zero-order valence-electron chi connectivity index (χ0n) is 10.5. The minimum Gasteiger partial charge on any atom is -0.356 e. The number of nitrogens with one attached hydrogen (secondary N) is 1. The minimum atomic E-state index is -0.308. The van der Waals surface area contributed by atoms with Gasteiger partial charge in [-0.05, 0) is 31.0 Å². The van der Waals surface area contributed by atoms with Gasteiger partial charge in [-0.2, -0.15) is 4.98 Å². The third kappa shape index (κ3) is 2.65. The summed E-state index contributed by atoms with van der Waals surface area (Å²) >= 11 is 0. The van der Waals surface area contributed by atoms with Crippen LogP contribution in [0.25, 0.3) is 0 Å². The molecule has 0 spiro atoms. The van der Waals surface area contributed by atoms with Crippen LogP contribution < -0.4 is 10.2 Å². The van der Waals surface area contributed by atoms with Gasteiger partial charge in [0, 0.05) is 19.3 Å². The molecule has 1 aromatic carbocycles. The number of rotatable bonds is 3. The Labute approximate surface area is 111 Å². The molecule has 4 nitrogen and oxygen atoms in total. The Hall–Kier alpha value is -2.17. The number of halogens is 1. The summed E-state index contributed by atoms with van der Waals surface area (Å²) in [6.45, 7) is 2.05. The van der Waals surface area contributed by atoms with Gasteiger partial charge in [0.05, 0.1) is 5.69 Å². The first-order valence-corrected chi connectivity index (χ1v) is 6.42. The van der Waals surface area contributed by atoms with Crippen LogP contribution in [0.2, 0.25) is 0 Å². The minimum absolute atomic E-state index is 0.308. The lowest BCUT2D eigenvalue weighted by Gasteiger charge is -2.16. The molecular formula is C14H15FN4. The Morgan fingerprint density at radius 3 is 2.68 bits per heavy atom. The van der Waals surface area contributed by atoms with Gasteiger partial charge in [0.15, 0.2) is 0 Å². The quantitative estimate of drug-likeness (QED) is 0.919. The average molecular weight is 258 g/mol. The molecule has 1 aliphatic heterocycles. The second-order valence-electron chi connectivity index (χ2n) is 4.54. The Morgan fingerprint density at radius 2 is 1.89 bits per heavy atom. The molecular weight excluding hydrogens is 243 g/mol. The highest BCUT2D eigenvalue weighted by atomic mass is 19.1. The second-order valence-corrected chi connectivity index (χ2v) is 4.54. The van der Waals surface area contributed by atoms with E-state index in [1.807, 2.05) is 6.07 Å². The third-order valence-electron chi connectivity index (χ3n) is 3.19. The fourth-order valence-electron chi connectivity index (χ4n) is 2.21. The lowest BCUT2D eigenvalue weighted by molar-refractivity contribution is 0.631. The van der Waals surface area contributed by atoms with E-state index in [-0.39, 0.29) is 5.82 Å². The number of anilines is 3. The van der Waals surface area contributed by atoms with Gasteiger partial charge < -0.3 is 10.2 Å². The Balaban J connectivity index is 1.81. The number of aromatic nitrogens is 2. The fourth-order valence-corrected chi connectivity index (χ4v) is 2.21. The van der Waals surface area contributed by atoms with Crippen LogP contribution in [0.3, 0.4) is 0 Å². The zero-order valence-corrected chi connectivity index (χ0v) is 10.5. The van der Waals surface area contributed by atoms with Crippen molar-refractivity contribution in [2.45, 2.75) is 12.8 Å². The molecule has 1 fully saturated rings. The number of para-hydroxylation sites is 1. The molecule has 0 amide bonds. The van der Waals surface area contributed by atoms with Crippen LogP contribution in [0.1, 0.15) is 12.8 Å². The van der Waals surface area contributed by atoms with Crippen LogP contribution in [-0.2, 0) is 0 Å². The van der Waals surface area contributed by atoms with Gasteiger partial charge in [-0.25, -0.2) is 9.37 Å². The molecule has 0 aliphatic carbocycles. The maximum atomic E-state index is 13.5. The molecule has 1 aromatic heterocycles. The topological polar surface area (TPSA) is 41.1 Å². The molecule has 19 heavy (non-hydrogen) atoms. The summed E-state index contributed by atoms with van der Waals surface area (Å²) in [4.78, 5) is 10.8. The first kappa shape index (κ1) is 11.9. The second kappa shape index (κ2) is 5.22. The highest BCUT2D eigenvalue weighted by Crippen LogP contribution is 2.21. The van der Waals surface area contributed by atoms with E-state index in [1.165, 1.54) is 18.9 Å². The van der Waals surface area contributed by atoms with Gasteiger partial charge in [-0.3, -0.25) is 0 Å². The molecule has 0 atom stereocenters. The molecule has 2 aromatic rings. The van der Waals surface area contributed by atoms with E-state index in [0.29, 0.717) is 11.6 Å². The molecule has 0 radical (unpaired) electrons. The standard InChI is InChI=1S/C14H15FN4/c15-11-5-1-2-6-12(11)17-14-16-8-7-13(18-14)19-9-3-4-10-19/h1-2,5-8H,3-4,9-10H2,(H,16,17,18). The molecule has 98 valence electrons. The first-order valence-electron chi connectivity index (χ1n) is 6.42. The van der Waals surface area contributed by atoms with Crippen molar-refractivity contribution in [3.63, 3.8) is 0 Å². The van der Waals surface area contributed by atoms with Gasteiger partial charge in [0.2, 0.25) is 5.95 Å². The van der Waals surface area contributed by atoms with E-state index in [9.17, 15) is 4.39 Å². The van der Waals surface area contributed by atoms with Crippen molar-refractivity contribution in [3.05, 3.63) is 42.3 Å². The van der Waals surface area contributed by atoms with E-state index >= 15 is 0 Å². The van der Waals surface area contributed by atoms with Crippen LogP contribution in [-0.4, -0.2) is 23.1 Å². The predicted molar refractivity (Wildman–Crippen MR) is 73.2 cm³/mol. The van der Waals surface area contributed by atoms with Gasteiger partial charge in [0.25, 0.3) is 0 Å². The summed E-state index contributed by atoms with van der Waals surface area (Å²) in [5.41, 5.74) is 0.390. The van der Waals surface area contributed by atoms with Crippen LogP contribution in [0.4, 0.5) is 21.8 Å². The average Bonchev–Trinajstić information content (AvgIpc) is 2.96. The highest BCUT2D eigenvalue weighted by Gasteiger charge is 2.14. The van der Waals surface area contributed by atoms with Crippen LogP contribution >= 0.6 is 0 Å². The number of benzene rings is 1. The fraction of sp³-hybridized carbons (Fsp3) is 0.286. The van der Waals surface area contributed by atoms with Crippen molar-refractivity contribution in [2.24, 2.45) is 0 Å². The summed E-state index contributed by atoms with van der Waals surface area (Å²) < 4.78 is 13.5. The van der Waals surface area contributed by atoms with Crippen molar-refractivity contribution in [1.82, 2.24) is 9.97 Å². The smallest absolute Gasteiger partial charge is 0.229 e. The Bertz CT molecular complexity index is 567. The molecule has 1 aliphatic rings. The van der Waals surface area contributed by atoms with Gasteiger partial charge in [-0.15, -0.1) is 0 Å². The van der Waals surface area contributed by atoms with Crippen LogP contribution in [0.5, 0.6) is 0 Å². The van der Waals surface area contributed by atoms with E-state index < -0.39 is 0 Å². The van der Waals surface area contributed by atoms with Crippen LogP contribution in [0, 0.1) is 5.82 Å². The molecule has 2 heterocycles. The molecule has 0 unspecified atom stereocenters. The van der Waals surface area contributed by atoms with Gasteiger partial charge in [-0.1, -0.05) is 12.1 Å². The molecule has 1 N–H and O–H groups in total. The van der Waals surface area contributed by atoms with E-state index in [4.69, 9.17) is 0 Å². The monoisotopic (exact) mass is 258 g/mol. The summed E-state index contributed by atoms with van der Waals surface area (Å²) in [6, 6.07) is 8.39. The van der Waals surface area contributed by atoms with Crippen molar-refractivity contribution in [1.29, 1.82) is 0 Å². The predicted octanol–water partition coefficient (Wildman–Crippen LogP) is 2.96.